The quantitative estimate of drug-likeness (QED) is 0.267. The van der Waals surface area contributed by atoms with E-state index in [1.165, 1.54) is 6.21 Å². The molecule has 0 fully saturated rings. The number of carbonyl (C=O) groups excluding carboxylic acids is 2. The van der Waals surface area contributed by atoms with E-state index in [2.05, 4.69) is 10.5 Å². The van der Waals surface area contributed by atoms with Crippen LogP contribution < -0.4 is 14.9 Å². The lowest BCUT2D eigenvalue weighted by Crippen LogP contribution is -2.19. The number of hydrogen-bond donors (Lipinski definition) is 1. The average Bonchev–Trinajstić information content (AvgIpc) is 2.77. The van der Waals surface area contributed by atoms with Crippen LogP contribution in [0.1, 0.15) is 28.4 Å². The van der Waals surface area contributed by atoms with Crippen LogP contribution in [0.15, 0.2) is 84.0 Å². The number of carbonyl (C=O) groups is 2. The van der Waals surface area contributed by atoms with Gasteiger partial charge in [-0.25, -0.2) is 10.2 Å². The van der Waals surface area contributed by atoms with Crippen LogP contribution in [0.3, 0.4) is 0 Å². The number of nitrogens with one attached hydrogen (secondary N) is 1. The fraction of sp³-hybridized carbons (Fsp3) is 0.125. The normalized spacial score (nSPS) is 10.6. The first-order chi connectivity index (χ1) is 14.7. The second-order valence-electron chi connectivity index (χ2n) is 6.35. The van der Waals surface area contributed by atoms with Gasteiger partial charge in [0.15, 0.2) is 11.5 Å². The van der Waals surface area contributed by atoms with Crippen molar-refractivity contribution in [2.24, 2.45) is 5.10 Å². The monoisotopic (exact) mass is 402 g/mol. The molecule has 0 aliphatic heterocycles. The summed E-state index contributed by atoms with van der Waals surface area (Å²) in [5, 5.41) is 3.99. The van der Waals surface area contributed by atoms with Gasteiger partial charge in [-0.3, -0.25) is 4.79 Å². The molecule has 30 heavy (non-hydrogen) atoms. The van der Waals surface area contributed by atoms with Crippen molar-refractivity contribution in [2.45, 2.75) is 13.3 Å². The molecule has 3 rings (SSSR count). The fourth-order valence-electron chi connectivity index (χ4n) is 2.69. The molecule has 0 atom stereocenters. The number of rotatable bonds is 8. The highest BCUT2D eigenvalue weighted by Gasteiger charge is 2.13. The van der Waals surface area contributed by atoms with E-state index in [0.29, 0.717) is 29.2 Å². The van der Waals surface area contributed by atoms with Crippen LogP contribution in [-0.2, 0) is 11.2 Å². The minimum atomic E-state index is -0.467. The molecule has 0 aromatic heterocycles. The van der Waals surface area contributed by atoms with Crippen molar-refractivity contribution >= 4 is 18.1 Å². The Kier molecular flexibility index (Phi) is 7.33. The van der Waals surface area contributed by atoms with Crippen molar-refractivity contribution in [2.75, 3.05) is 6.61 Å². The third-order valence-corrected chi connectivity index (χ3v) is 4.09. The molecule has 0 bridgehead atoms. The zero-order valence-electron chi connectivity index (χ0n) is 16.6. The smallest absolute Gasteiger partial charge is 0.343 e. The Balaban J connectivity index is 1.64. The number of hydrogen-bond acceptors (Lipinski definition) is 5. The molecule has 3 aromatic carbocycles. The third-order valence-electron chi connectivity index (χ3n) is 4.09. The SMILES string of the molecule is CCOc1cc(C=NNC(=O)Cc2ccccc2)ccc1OC(=O)c1ccccc1. The van der Waals surface area contributed by atoms with Gasteiger partial charge in [0.05, 0.1) is 24.8 Å². The molecule has 0 saturated heterocycles. The molecule has 3 aromatic rings. The summed E-state index contributed by atoms with van der Waals surface area (Å²) in [5.41, 5.74) is 4.56. The van der Waals surface area contributed by atoms with Gasteiger partial charge >= 0.3 is 5.97 Å². The van der Waals surface area contributed by atoms with E-state index in [1.807, 2.05) is 43.3 Å². The van der Waals surface area contributed by atoms with Gasteiger partial charge < -0.3 is 9.47 Å². The number of hydrazone groups is 1. The minimum absolute atomic E-state index is 0.212. The lowest BCUT2D eigenvalue weighted by atomic mass is 10.1. The summed E-state index contributed by atoms with van der Waals surface area (Å²) in [6, 6.07) is 23.2. The highest BCUT2D eigenvalue weighted by Crippen LogP contribution is 2.28. The predicted octanol–water partition coefficient (Wildman–Crippen LogP) is 4.00. The summed E-state index contributed by atoms with van der Waals surface area (Å²) >= 11 is 0. The number of ether oxygens (including phenoxy) is 2. The third kappa shape index (κ3) is 6.04. The van der Waals surface area contributed by atoms with Crippen molar-refractivity contribution in [1.82, 2.24) is 5.43 Å². The first kappa shape index (κ1) is 20.8. The Hall–Kier alpha value is -3.93. The molecule has 0 radical (unpaired) electrons. The van der Waals surface area contributed by atoms with Gasteiger partial charge in [0.1, 0.15) is 0 Å². The molecule has 1 amide bonds. The van der Waals surface area contributed by atoms with Crippen LogP contribution in [0.2, 0.25) is 0 Å². The van der Waals surface area contributed by atoms with Crippen molar-refractivity contribution in [3.8, 4) is 11.5 Å². The lowest BCUT2D eigenvalue weighted by Gasteiger charge is -2.11. The average molecular weight is 402 g/mol. The summed E-state index contributed by atoms with van der Waals surface area (Å²) in [6.07, 6.45) is 1.75. The Morgan fingerprint density at radius 3 is 2.33 bits per heavy atom. The van der Waals surface area contributed by atoms with Gasteiger partial charge in [0.25, 0.3) is 0 Å². The zero-order valence-corrected chi connectivity index (χ0v) is 16.6. The van der Waals surface area contributed by atoms with Gasteiger partial charge in [-0.15, -0.1) is 0 Å². The fourth-order valence-corrected chi connectivity index (χ4v) is 2.69. The number of esters is 1. The van der Waals surface area contributed by atoms with Gasteiger partial charge in [0.2, 0.25) is 5.91 Å². The lowest BCUT2D eigenvalue weighted by molar-refractivity contribution is -0.120. The number of amides is 1. The van der Waals surface area contributed by atoms with Crippen LogP contribution in [0.5, 0.6) is 11.5 Å². The molecule has 0 aliphatic rings. The Morgan fingerprint density at radius 1 is 0.933 bits per heavy atom. The van der Waals surface area contributed by atoms with E-state index in [-0.39, 0.29) is 12.3 Å². The molecule has 1 N–H and O–H groups in total. The summed E-state index contributed by atoms with van der Waals surface area (Å²) in [7, 11) is 0. The van der Waals surface area contributed by atoms with Crippen LogP contribution >= 0.6 is 0 Å². The first-order valence-corrected chi connectivity index (χ1v) is 9.55. The molecule has 6 heteroatoms. The van der Waals surface area contributed by atoms with Crippen LogP contribution in [0.4, 0.5) is 0 Å². The molecule has 0 spiro atoms. The van der Waals surface area contributed by atoms with Gasteiger partial charge in [-0.1, -0.05) is 48.5 Å². The molecule has 6 nitrogen and oxygen atoms in total. The molecular formula is C24H22N2O4. The van der Waals surface area contributed by atoms with E-state index >= 15 is 0 Å². The minimum Gasteiger partial charge on any atom is -0.490 e. The van der Waals surface area contributed by atoms with Crippen molar-refractivity contribution in [1.29, 1.82) is 0 Å². The Morgan fingerprint density at radius 2 is 1.63 bits per heavy atom. The predicted molar refractivity (Wildman–Crippen MR) is 115 cm³/mol. The molecule has 0 aliphatic carbocycles. The van der Waals surface area contributed by atoms with Gasteiger partial charge in [0, 0.05) is 0 Å². The van der Waals surface area contributed by atoms with Crippen molar-refractivity contribution in [3.63, 3.8) is 0 Å². The summed E-state index contributed by atoms with van der Waals surface area (Å²) in [6.45, 7) is 2.25. The molecule has 0 unspecified atom stereocenters. The molecule has 0 heterocycles. The maximum absolute atomic E-state index is 12.3. The summed E-state index contributed by atoms with van der Waals surface area (Å²) < 4.78 is 11.1. The van der Waals surface area contributed by atoms with Crippen LogP contribution in [-0.4, -0.2) is 24.7 Å². The molecule has 152 valence electrons. The molecular weight excluding hydrogens is 380 g/mol. The van der Waals surface area contributed by atoms with E-state index in [1.54, 1.807) is 42.5 Å². The second kappa shape index (κ2) is 10.6. The van der Waals surface area contributed by atoms with E-state index in [0.717, 1.165) is 5.56 Å². The number of benzene rings is 3. The Bertz CT molecular complexity index is 1020. The van der Waals surface area contributed by atoms with Gasteiger partial charge in [-0.05, 0) is 48.4 Å². The largest absolute Gasteiger partial charge is 0.490 e. The number of nitrogens with zero attached hydrogens (tertiary/aromatic N) is 1. The highest BCUT2D eigenvalue weighted by molar-refractivity contribution is 5.91. The van der Waals surface area contributed by atoms with E-state index < -0.39 is 5.97 Å². The van der Waals surface area contributed by atoms with Crippen LogP contribution in [0.25, 0.3) is 0 Å². The molecule has 0 saturated carbocycles. The standard InChI is InChI=1S/C24H22N2O4/c1-2-29-22-15-19(17-25-26-23(27)16-18-9-5-3-6-10-18)13-14-21(22)30-24(28)20-11-7-4-8-12-20/h3-15,17H,2,16H2,1H3,(H,26,27). The maximum atomic E-state index is 12.3. The van der Waals surface area contributed by atoms with Gasteiger partial charge in [-0.2, -0.15) is 5.10 Å². The topological polar surface area (TPSA) is 77.0 Å². The highest BCUT2D eigenvalue weighted by atomic mass is 16.6. The van der Waals surface area contributed by atoms with E-state index in [4.69, 9.17) is 9.47 Å². The van der Waals surface area contributed by atoms with Crippen molar-refractivity contribution in [3.05, 3.63) is 95.6 Å². The van der Waals surface area contributed by atoms with Crippen LogP contribution in [0, 0.1) is 0 Å². The zero-order chi connectivity index (χ0) is 21.2. The Labute approximate surface area is 175 Å². The van der Waals surface area contributed by atoms with E-state index in [9.17, 15) is 9.59 Å². The maximum Gasteiger partial charge on any atom is 0.343 e. The summed E-state index contributed by atoms with van der Waals surface area (Å²) in [4.78, 5) is 24.3. The summed E-state index contributed by atoms with van der Waals surface area (Å²) in [5.74, 6) is 0.0550. The first-order valence-electron chi connectivity index (χ1n) is 9.55. The second-order valence-corrected chi connectivity index (χ2v) is 6.35. The van der Waals surface area contributed by atoms with Crippen molar-refractivity contribution < 1.29 is 19.1 Å².